The molecule has 0 aromatic heterocycles. The first-order valence-corrected chi connectivity index (χ1v) is 7.18. The number of hydrogen-bond acceptors (Lipinski definition) is 3. The van der Waals surface area contributed by atoms with E-state index in [4.69, 9.17) is 10.8 Å². The maximum atomic E-state index is 12.0. The topological polar surface area (TPSA) is 92.4 Å². The average Bonchev–Trinajstić information content (AvgIpc) is 2.34. The Balaban J connectivity index is 2.44. The number of amides is 1. The van der Waals surface area contributed by atoms with Crippen molar-refractivity contribution in [2.24, 2.45) is 23.5 Å². The van der Waals surface area contributed by atoms with Gasteiger partial charge in [0, 0.05) is 12.6 Å². The molecular formula is C14H26N2O3. The maximum Gasteiger partial charge on any atom is 0.308 e. The third-order valence-electron chi connectivity index (χ3n) is 3.78. The van der Waals surface area contributed by atoms with Gasteiger partial charge in [-0.05, 0) is 25.2 Å². The quantitative estimate of drug-likeness (QED) is 0.679. The number of nitrogens with two attached hydrogens (primary N) is 1. The molecule has 1 amide bonds. The number of carboxylic acid groups (broad SMARTS) is 1. The van der Waals surface area contributed by atoms with E-state index in [0.29, 0.717) is 12.3 Å². The van der Waals surface area contributed by atoms with Crippen LogP contribution >= 0.6 is 0 Å². The molecule has 1 aliphatic carbocycles. The van der Waals surface area contributed by atoms with Gasteiger partial charge in [-0.2, -0.15) is 0 Å². The number of hydrogen-bond donors (Lipinski definition) is 3. The summed E-state index contributed by atoms with van der Waals surface area (Å²) in [6.45, 7) is 4.17. The van der Waals surface area contributed by atoms with Gasteiger partial charge in [0.05, 0.1) is 11.8 Å². The Labute approximate surface area is 114 Å². The van der Waals surface area contributed by atoms with Gasteiger partial charge in [-0.15, -0.1) is 0 Å². The molecule has 1 aliphatic rings. The molecular weight excluding hydrogens is 244 g/mol. The molecule has 0 aromatic carbocycles. The summed E-state index contributed by atoms with van der Waals surface area (Å²) in [5.41, 5.74) is 5.95. The molecule has 3 atom stereocenters. The first kappa shape index (κ1) is 16.0. The molecule has 4 N–H and O–H groups in total. The van der Waals surface area contributed by atoms with Gasteiger partial charge in [-0.3, -0.25) is 9.59 Å². The highest BCUT2D eigenvalue weighted by atomic mass is 16.4. The van der Waals surface area contributed by atoms with E-state index in [2.05, 4.69) is 5.32 Å². The van der Waals surface area contributed by atoms with Crippen molar-refractivity contribution in [3.8, 4) is 0 Å². The average molecular weight is 270 g/mol. The van der Waals surface area contributed by atoms with Crippen LogP contribution in [0.1, 0.15) is 46.0 Å². The summed E-state index contributed by atoms with van der Waals surface area (Å²) in [5.74, 6) is -1.29. The van der Waals surface area contributed by atoms with Gasteiger partial charge in [0.25, 0.3) is 0 Å². The van der Waals surface area contributed by atoms with Gasteiger partial charge < -0.3 is 16.2 Å². The van der Waals surface area contributed by atoms with Crippen LogP contribution in [0.15, 0.2) is 0 Å². The first-order valence-electron chi connectivity index (χ1n) is 7.18. The van der Waals surface area contributed by atoms with Gasteiger partial charge >= 0.3 is 5.97 Å². The second-order valence-corrected chi connectivity index (χ2v) is 5.96. The van der Waals surface area contributed by atoms with Gasteiger partial charge in [0.15, 0.2) is 0 Å². The molecule has 1 saturated carbocycles. The predicted molar refractivity (Wildman–Crippen MR) is 73.5 cm³/mol. The highest BCUT2D eigenvalue weighted by molar-refractivity contribution is 5.80. The lowest BCUT2D eigenvalue weighted by Crippen LogP contribution is -2.45. The molecule has 1 fully saturated rings. The molecule has 0 spiro atoms. The van der Waals surface area contributed by atoms with E-state index >= 15 is 0 Å². The summed E-state index contributed by atoms with van der Waals surface area (Å²) < 4.78 is 0. The lowest BCUT2D eigenvalue weighted by Gasteiger charge is -2.28. The maximum absolute atomic E-state index is 12.0. The molecule has 0 saturated heterocycles. The fourth-order valence-electron chi connectivity index (χ4n) is 2.68. The fraction of sp³-hybridized carbons (Fsp3) is 0.857. The summed E-state index contributed by atoms with van der Waals surface area (Å²) >= 11 is 0. The summed E-state index contributed by atoms with van der Waals surface area (Å²) in [5, 5.41) is 11.9. The lowest BCUT2D eigenvalue weighted by atomic mass is 9.84. The van der Waals surface area contributed by atoms with Gasteiger partial charge in [-0.25, -0.2) is 0 Å². The Hall–Kier alpha value is -1.10. The highest BCUT2D eigenvalue weighted by Gasteiger charge is 2.29. The SMILES string of the molecule is CC(C)CC(CNC(=O)C1CCCCC1N)C(=O)O. The Bertz CT molecular complexity index is 318. The monoisotopic (exact) mass is 270 g/mol. The van der Waals surface area contributed by atoms with Crippen LogP contribution in [-0.2, 0) is 9.59 Å². The van der Waals surface area contributed by atoms with Crippen LogP contribution in [-0.4, -0.2) is 29.6 Å². The second kappa shape index (κ2) is 7.48. The van der Waals surface area contributed by atoms with Crippen molar-refractivity contribution in [1.82, 2.24) is 5.32 Å². The van der Waals surface area contributed by atoms with E-state index in [1.807, 2.05) is 13.8 Å². The number of carbonyl (C=O) groups is 2. The summed E-state index contributed by atoms with van der Waals surface area (Å²) in [4.78, 5) is 23.1. The van der Waals surface area contributed by atoms with Gasteiger partial charge in [-0.1, -0.05) is 26.7 Å². The van der Waals surface area contributed by atoms with Gasteiger partial charge in [0.1, 0.15) is 0 Å². The van der Waals surface area contributed by atoms with Gasteiger partial charge in [0.2, 0.25) is 5.91 Å². The van der Waals surface area contributed by atoms with E-state index < -0.39 is 11.9 Å². The molecule has 0 bridgehead atoms. The van der Waals surface area contributed by atoms with Crippen molar-refractivity contribution in [3.63, 3.8) is 0 Å². The molecule has 0 radical (unpaired) electrons. The van der Waals surface area contributed by atoms with Crippen molar-refractivity contribution in [1.29, 1.82) is 0 Å². The predicted octanol–water partition coefficient (Wildman–Crippen LogP) is 1.37. The van der Waals surface area contributed by atoms with Crippen LogP contribution in [0, 0.1) is 17.8 Å². The van der Waals surface area contributed by atoms with E-state index in [9.17, 15) is 9.59 Å². The van der Waals surface area contributed by atoms with E-state index in [0.717, 1.165) is 25.7 Å². The van der Waals surface area contributed by atoms with E-state index in [1.165, 1.54) is 0 Å². The molecule has 5 nitrogen and oxygen atoms in total. The van der Waals surface area contributed by atoms with Crippen molar-refractivity contribution in [2.75, 3.05) is 6.54 Å². The Kier molecular flexibility index (Phi) is 6.28. The number of carbonyl (C=O) groups excluding carboxylic acids is 1. The lowest BCUT2D eigenvalue weighted by molar-refractivity contribution is -0.142. The van der Waals surface area contributed by atoms with Crippen molar-refractivity contribution in [2.45, 2.75) is 52.0 Å². The molecule has 19 heavy (non-hydrogen) atoms. The second-order valence-electron chi connectivity index (χ2n) is 5.96. The van der Waals surface area contributed by atoms with Crippen LogP contribution in [0.3, 0.4) is 0 Å². The van der Waals surface area contributed by atoms with Crippen molar-refractivity contribution < 1.29 is 14.7 Å². The number of rotatable bonds is 6. The van der Waals surface area contributed by atoms with E-state index in [-0.39, 0.29) is 24.4 Å². The number of carboxylic acids is 1. The molecule has 1 rings (SSSR count). The van der Waals surface area contributed by atoms with Crippen LogP contribution in [0.5, 0.6) is 0 Å². The zero-order valence-electron chi connectivity index (χ0n) is 11.9. The smallest absolute Gasteiger partial charge is 0.308 e. The third-order valence-corrected chi connectivity index (χ3v) is 3.78. The Morgan fingerprint density at radius 1 is 1.32 bits per heavy atom. The third kappa shape index (κ3) is 5.19. The van der Waals surface area contributed by atoms with Crippen molar-refractivity contribution >= 4 is 11.9 Å². The van der Waals surface area contributed by atoms with E-state index in [1.54, 1.807) is 0 Å². The minimum absolute atomic E-state index is 0.0813. The largest absolute Gasteiger partial charge is 0.481 e. The molecule has 3 unspecified atom stereocenters. The molecule has 0 aromatic rings. The fourth-order valence-corrected chi connectivity index (χ4v) is 2.68. The highest BCUT2D eigenvalue weighted by Crippen LogP contribution is 2.23. The van der Waals surface area contributed by atoms with Crippen LogP contribution in [0.2, 0.25) is 0 Å². The first-order chi connectivity index (χ1) is 8.91. The van der Waals surface area contributed by atoms with Crippen LogP contribution < -0.4 is 11.1 Å². The minimum Gasteiger partial charge on any atom is -0.481 e. The Morgan fingerprint density at radius 2 is 1.95 bits per heavy atom. The summed E-state index contributed by atoms with van der Waals surface area (Å²) in [6.07, 6.45) is 4.38. The van der Waals surface area contributed by atoms with Crippen molar-refractivity contribution in [3.05, 3.63) is 0 Å². The molecule has 0 heterocycles. The molecule has 0 aliphatic heterocycles. The minimum atomic E-state index is -0.845. The van der Waals surface area contributed by atoms with Crippen LogP contribution in [0.25, 0.3) is 0 Å². The number of nitrogens with one attached hydrogen (secondary N) is 1. The Morgan fingerprint density at radius 3 is 2.47 bits per heavy atom. The zero-order valence-corrected chi connectivity index (χ0v) is 11.9. The standard InChI is InChI=1S/C14H26N2O3/c1-9(2)7-10(14(18)19)8-16-13(17)11-5-3-4-6-12(11)15/h9-12H,3-8,15H2,1-2H3,(H,16,17)(H,18,19). The summed E-state index contributed by atoms with van der Waals surface area (Å²) in [7, 11) is 0. The van der Waals surface area contributed by atoms with Crippen LogP contribution in [0.4, 0.5) is 0 Å². The number of aliphatic carboxylic acids is 1. The molecule has 110 valence electrons. The summed E-state index contributed by atoms with van der Waals surface area (Å²) in [6, 6.07) is -0.0814. The normalized spacial score (nSPS) is 25.1. The molecule has 5 heteroatoms. The zero-order chi connectivity index (χ0) is 14.4.